The van der Waals surface area contributed by atoms with E-state index in [1.165, 1.54) is 0 Å². The molecule has 164 valence electrons. The molecule has 6 heteroatoms. The molecule has 2 amide bonds. The molecular weight excluding hydrogens is 392 g/mol. The number of carbonyl (C=O) groups excluding carboxylic acids is 2. The van der Waals surface area contributed by atoms with E-state index in [0.717, 1.165) is 22.6 Å². The number of methoxy groups -OCH3 is 1. The molecule has 31 heavy (non-hydrogen) atoms. The number of amides is 2. The van der Waals surface area contributed by atoms with Crippen LogP contribution in [0.1, 0.15) is 44.7 Å². The summed E-state index contributed by atoms with van der Waals surface area (Å²) in [5.41, 5.74) is 1.97. The van der Waals surface area contributed by atoms with Gasteiger partial charge in [0.1, 0.15) is 11.4 Å². The van der Waals surface area contributed by atoms with E-state index < -0.39 is 11.0 Å². The van der Waals surface area contributed by atoms with Crippen molar-refractivity contribution >= 4 is 17.7 Å². The molecule has 0 N–H and O–H groups in total. The predicted octanol–water partition coefficient (Wildman–Crippen LogP) is 4.51. The van der Waals surface area contributed by atoms with Gasteiger partial charge in [0.05, 0.1) is 19.1 Å². The van der Waals surface area contributed by atoms with Crippen molar-refractivity contribution < 1.29 is 19.1 Å². The van der Waals surface area contributed by atoms with Gasteiger partial charge >= 0.3 is 6.09 Å². The molecule has 0 unspecified atom stereocenters. The summed E-state index contributed by atoms with van der Waals surface area (Å²) in [6.07, 6.45) is 0.888. The summed E-state index contributed by atoms with van der Waals surface area (Å²) in [5, 5.41) is 0. The van der Waals surface area contributed by atoms with Crippen LogP contribution in [0.15, 0.2) is 48.5 Å². The van der Waals surface area contributed by atoms with Gasteiger partial charge in [-0.2, -0.15) is 0 Å². The lowest BCUT2D eigenvalue weighted by Crippen LogP contribution is -2.50. The molecule has 2 aliphatic heterocycles. The normalized spacial score (nSPS) is 17.6. The Balaban J connectivity index is 1.55. The number of hydrogen-bond acceptors (Lipinski definition) is 4. The van der Waals surface area contributed by atoms with E-state index in [4.69, 9.17) is 9.47 Å². The van der Waals surface area contributed by atoms with Gasteiger partial charge in [0, 0.05) is 18.8 Å². The zero-order valence-corrected chi connectivity index (χ0v) is 18.7. The minimum atomic E-state index is -0.582. The van der Waals surface area contributed by atoms with E-state index in [2.05, 4.69) is 6.07 Å². The molecule has 2 aromatic rings. The average Bonchev–Trinajstić information content (AvgIpc) is 2.96. The summed E-state index contributed by atoms with van der Waals surface area (Å²) in [6.45, 7) is 7.12. The summed E-state index contributed by atoms with van der Waals surface area (Å²) in [6, 6.07) is 15.9. The summed E-state index contributed by atoms with van der Waals surface area (Å²) >= 11 is 0. The van der Waals surface area contributed by atoms with Crippen LogP contribution < -0.4 is 9.64 Å². The Morgan fingerprint density at radius 3 is 2.29 bits per heavy atom. The Morgan fingerprint density at radius 1 is 1.03 bits per heavy atom. The number of rotatable bonds is 3. The van der Waals surface area contributed by atoms with Crippen molar-refractivity contribution in [2.75, 3.05) is 25.1 Å². The Kier molecular flexibility index (Phi) is 5.42. The first-order valence-electron chi connectivity index (χ1n) is 10.8. The third-order valence-electron chi connectivity index (χ3n) is 6.13. The molecular formula is C25H30N2O4. The number of para-hydroxylation sites is 1. The molecule has 0 bridgehead atoms. The fourth-order valence-electron chi connectivity index (χ4n) is 4.55. The number of hydrogen-bond donors (Lipinski definition) is 0. The Morgan fingerprint density at radius 2 is 1.68 bits per heavy atom. The van der Waals surface area contributed by atoms with Gasteiger partial charge in [-0.25, -0.2) is 4.79 Å². The van der Waals surface area contributed by atoms with Crippen LogP contribution in [0.3, 0.4) is 0 Å². The highest BCUT2D eigenvalue weighted by Crippen LogP contribution is 2.48. The van der Waals surface area contributed by atoms with Gasteiger partial charge in [-0.3, -0.25) is 4.79 Å². The highest BCUT2D eigenvalue weighted by atomic mass is 16.6. The van der Waals surface area contributed by atoms with Gasteiger partial charge < -0.3 is 19.3 Å². The Hall–Kier alpha value is -3.02. The van der Waals surface area contributed by atoms with Crippen molar-refractivity contribution in [1.82, 2.24) is 4.90 Å². The second-order valence-electron chi connectivity index (χ2n) is 9.31. The number of likely N-dealkylation sites (tertiary alicyclic amines) is 1. The molecule has 0 aliphatic carbocycles. The fourth-order valence-corrected chi connectivity index (χ4v) is 4.55. The van der Waals surface area contributed by atoms with Crippen LogP contribution in [0.5, 0.6) is 5.75 Å². The summed E-state index contributed by atoms with van der Waals surface area (Å²) < 4.78 is 10.8. The zero-order chi connectivity index (χ0) is 22.2. The predicted molar refractivity (Wildman–Crippen MR) is 119 cm³/mol. The van der Waals surface area contributed by atoms with Crippen LogP contribution in [0.2, 0.25) is 0 Å². The first kappa shape index (κ1) is 21.2. The van der Waals surface area contributed by atoms with Crippen molar-refractivity contribution in [3.63, 3.8) is 0 Å². The Bertz CT molecular complexity index is 970. The smallest absolute Gasteiger partial charge is 0.410 e. The van der Waals surface area contributed by atoms with E-state index in [1.54, 1.807) is 12.0 Å². The standard InChI is InChI=1S/C25H30N2O4/c1-24(2,3)31-23(29)26-15-13-25(14-16-26)20-7-5-6-8-21(20)27(22(25)28)17-18-9-11-19(30-4)12-10-18/h5-12H,13-17H2,1-4H3. The van der Waals surface area contributed by atoms with Crippen molar-refractivity contribution in [2.45, 2.75) is 51.2 Å². The third kappa shape index (κ3) is 3.99. The number of anilines is 1. The largest absolute Gasteiger partial charge is 0.497 e. The maximum Gasteiger partial charge on any atom is 0.410 e. The number of carbonyl (C=O) groups is 2. The summed E-state index contributed by atoms with van der Waals surface area (Å²) in [5.74, 6) is 0.913. The average molecular weight is 423 g/mol. The molecule has 2 aromatic carbocycles. The van der Waals surface area contributed by atoms with Gasteiger partial charge in [0.15, 0.2) is 0 Å². The van der Waals surface area contributed by atoms with Crippen LogP contribution in [-0.2, 0) is 21.5 Å². The number of piperidine rings is 1. The summed E-state index contributed by atoms with van der Waals surface area (Å²) in [7, 11) is 1.64. The molecule has 1 fully saturated rings. The van der Waals surface area contributed by atoms with Gasteiger partial charge in [0.25, 0.3) is 0 Å². The Labute approximate surface area is 183 Å². The second-order valence-corrected chi connectivity index (χ2v) is 9.31. The quantitative estimate of drug-likeness (QED) is 0.730. The van der Waals surface area contributed by atoms with Crippen molar-refractivity contribution in [2.24, 2.45) is 0 Å². The van der Waals surface area contributed by atoms with Crippen molar-refractivity contribution in [3.05, 3.63) is 59.7 Å². The van der Waals surface area contributed by atoms with E-state index in [9.17, 15) is 9.59 Å². The van der Waals surface area contributed by atoms with Gasteiger partial charge in [0.2, 0.25) is 5.91 Å². The molecule has 0 saturated carbocycles. The number of nitrogens with zero attached hydrogens (tertiary/aromatic N) is 2. The molecule has 2 aliphatic rings. The van der Waals surface area contributed by atoms with Crippen LogP contribution >= 0.6 is 0 Å². The molecule has 4 rings (SSSR count). The van der Waals surface area contributed by atoms with Crippen molar-refractivity contribution in [3.8, 4) is 5.75 Å². The molecule has 0 atom stereocenters. The number of fused-ring (bicyclic) bond motifs is 2. The van der Waals surface area contributed by atoms with E-state index in [1.807, 2.05) is 68.1 Å². The van der Waals surface area contributed by atoms with E-state index in [0.29, 0.717) is 32.5 Å². The van der Waals surface area contributed by atoms with Gasteiger partial charge in [-0.1, -0.05) is 30.3 Å². The van der Waals surface area contributed by atoms with Gasteiger partial charge in [-0.05, 0) is 62.9 Å². The van der Waals surface area contributed by atoms with Crippen LogP contribution in [0, 0.1) is 0 Å². The monoisotopic (exact) mass is 422 g/mol. The fraction of sp³-hybridized carbons (Fsp3) is 0.440. The lowest BCUT2D eigenvalue weighted by atomic mass is 9.73. The van der Waals surface area contributed by atoms with E-state index in [-0.39, 0.29) is 12.0 Å². The second kappa shape index (κ2) is 7.91. The maximum absolute atomic E-state index is 13.7. The first-order chi connectivity index (χ1) is 14.7. The molecule has 2 heterocycles. The maximum atomic E-state index is 13.7. The van der Waals surface area contributed by atoms with Crippen LogP contribution in [0.4, 0.5) is 10.5 Å². The highest BCUT2D eigenvalue weighted by molar-refractivity contribution is 6.08. The van der Waals surface area contributed by atoms with Gasteiger partial charge in [-0.15, -0.1) is 0 Å². The lowest BCUT2D eigenvalue weighted by Gasteiger charge is -2.39. The third-order valence-corrected chi connectivity index (χ3v) is 6.13. The molecule has 1 saturated heterocycles. The summed E-state index contributed by atoms with van der Waals surface area (Å²) in [4.78, 5) is 29.8. The topological polar surface area (TPSA) is 59.1 Å². The van der Waals surface area contributed by atoms with Crippen molar-refractivity contribution in [1.29, 1.82) is 0 Å². The minimum Gasteiger partial charge on any atom is -0.497 e. The molecule has 6 nitrogen and oxygen atoms in total. The SMILES string of the molecule is COc1ccc(CN2C(=O)C3(CCN(C(=O)OC(C)(C)C)CC3)c3ccccc32)cc1. The number of ether oxygens (including phenoxy) is 2. The lowest BCUT2D eigenvalue weighted by molar-refractivity contribution is -0.125. The van der Waals surface area contributed by atoms with E-state index >= 15 is 0 Å². The zero-order valence-electron chi connectivity index (χ0n) is 18.7. The molecule has 0 aromatic heterocycles. The molecule has 0 radical (unpaired) electrons. The van der Waals surface area contributed by atoms with Crippen LogP contribution in [-0.4, -0.2) is 42.7 Å². The highest BCUT2D eigenvalue weighted by Gasteiger charge is 2.52. The minimum absolute atomic E-state index is 0.119. The van der Waals surface area contributed by atoms with Crippen LogP contribution in [0.25, 0.3) is 0 Å². The number of benzene rings is 2. The first-order valence-corrected chi connectivity index (χ1v) is 10.8. The molecule has 1 spiro atoms.